The molecule has 1 amide bonds. The maximum absolute atomic E-state index is 10.8. The predicted molar refractivity (Wildman–Crippen MR) is 79.7 cm³/mol. The summed E-state index contributed by atoms with van der Waals surface area (Å²) in [4.78, 5) is 14.9. The van der Waals surface area contributed by atoms with Crippen LogP contribution in [0.1, 0.15) is 38.7 Å². The Morgan fingerprint density at radius 1 is 1.67 bits per heavy atom. The number of carbonyl (C=O) groups excluding carboxylic acids is 1. The molecule has 0 bridgehead atoms. The second-order valence-electron chi connectivity index (χ2n) is 4.81. The summed E-state index contributed by atoms with van der Waals surface area (Å²) in [5.41, 5.74) is 5.53. The standard InChI is InChI=1S/C12H16ClIN2O2/c1-7(5-12(2,3)18-11(15)17)8-6-16-10(13)4-9(8)14/h4,6-7H,5H2,1-3H3,(H2,15,17). The van der Waals surface area contributed by atoms with Crippen molar-refractivity contribution in [3.8, 4) is 0 Å². The van der Waals surface area contributed by atoms with Crippen molar-refractivity contribution in [2.75, 3.05) is 0 Å². The van der Waals surface area contributed by atoms with Gasteiger partial charge in [0.15, 0.2) is 0 Å². The minimum Gasteiger partial charge on any atom is -0.444 e. The number of primary amides is 1. The predicted octanol–water partition coefficient (Wildman–Crippen LogP) is 3.71. The second-order valence-corrected chi connectivity index (χ2v) is 6.36. The lowest BCUT2D eigenvalue weighted by Crippen LogP contribution is -2.32. The molecule has 1 unspecified atom stereocenters. The molecular weight excluding hydrogens is 367 g/mol. The van der Waals surface area contributed by atoms with Gasteiger partial charge < -0.3 is 10.5 Å². The highest BCUT2D eigenvalue weighted by atomic mass is 127. The number of amides is 1. The third-order valence-corrected chi connectivity index (χ3v) is 3.70. The Balaban J connectivity index is 2.81. The molecule has 0 radical (unpaired) electrons. The van der Waals surface area contributed by atoms with Gasteiger partial charge in [-0.1, -0.05) is 18.5 Å². The largest absolute Gasteiger partial charge is 0.444 e. The summed E-state index contributed by atoms with van der Waals surface area (Å²) in [7, 11) is 0. The van der Waals surface area contributed by atoms with Crippen molar-refractivity contribution < 1.29 is 9.53 Å². The van der Waals surface area contributed by atoms with Crippen LogP contribution < -0.4 is 5.73 Å². The molecule has 0 aliphatic rings. The van der Waals surface area contributed by atoms with E-state index < -0.39 is 11.7 Å². The van der Waals surface area contributed by atoms with Crippen molar-refractivity contribution in [3.63, 3.8) is 0 Å². The van der Waals surface area contributed by atoms with Crippen molar-refractivity contribution in [2.24, 2.45) is 5.73 Å². The maximum Gasteiger partial charge on any atom is 0.405 e. The van der Waals surface area contributed by atoms with Gasteiger partial charge in [0, 0.05) is 9.77 Å². The summed E-state index contributed by atoms with van der Waals surface area (Å²) >= 11 is 8.04. The number of aromatic nitrogens is 1. The highest BCUT2D eigenvalue weighted by Gasteiger charge is 2.26. The number of carbonyl (C=O) groups is 1. The van der Waals surface area contributed by atoms with E-state index in [1.54, 1.807) is 6.20 Å². The van der Waals surface area contributed by atoms with Crippen molar-refractivity contribution in [3.05, 3.63) is 26.5 Å². The molecule has 1 heterocycles. The molecule has 0 aliphatic carbocycles. The zero-order valence-corrected chi connectivity index (χ0v) is 13.4. The van der Waals surface area contributed by atoms with E-state index in [9.17, 15) is 4.79 Å². The molecule has 100 valence electrons. The molecule has 1 rings (SSSR count). The smallest absolute Gasteiger partial charge is 0.405 e. The van der Waals surface area contributed by atoms with Crippen LogP contribution in [0.5, 0.6) is 0 Å². The topological polar surface area (TPSA) is 65.2 Å². The summed E-state index contributed by atoms with van der Waals surface area (Å²) in [5, 5.41) is 0.475. The van der Waals surface area contributed by atoms with E-state index in [4.69, 9.17) is 22.1 Å². The first-order chi connectivity index (χ1) is 8.21. The molecule has 1 atom stereocenters. The van der Waals surface area contributed by atoms with E-state index in [2.05, 4.69) is 34.5 Å². The Bertz CT molecular complexity index is 452. The van der Waals surface area contributed by atoms with Crippen LogP contribution in [-0.2, 0) is 4.74 Å². The Morgan fingerprint density at radius 2 is 2.28 bits per heavy atom. The summed E-state index contributed by atoms with van der Waals surface area (Å²) in [5.74, 6) is 0.191. The van der Waals surface area contributed by atoms with Crippen LogP contribution in [0.25, 0.3) is 0 Å². The van der Waals surface area contributed by atoms with Crippen molar-refractivity contribution >= 4 is 40.3 Å². The van der Waals surface area contributed by atoms with E-state index in [0.29, 0.717) is 11.6 Å². The quantitative estimate of drug-likeness (QED) is 0.638. The SMILES string of the molecule is CC(CC(C)(C)OC(N)=O)c1cnc(Cl)cc1I. The first-order valence-electron chi connectivity index (χ1n) is 5.50. The number of hydrogen-bond acceptors (Lipinski definition) is 3. The van der Waals surface area contributed by atoms with Gasteiger partial charge in [-0.25, -0.2) is 9.78 Å². The zero-order chi connectivity index (χ0) is 13.9. The Kier molecular flexibility index (Phi) is 5.21. The minimum atomic E-state index is -0.754. The van der Waals surface area contributed by atoms with E-state index in [1.807, 2.05) is 19.9 Å². The summed E-state index contributed by atoms with van der Waals surface area (Å²) in [6, 6.07) is 1.82. The molecule has 0 saturated heterocycles. The molecule has 0 fully saturated rings. The summed E-state index contributed by atoms with van der Waals surface area (Å²) < 4.78 is 6.13. The van der Waals surface area contributed by atoms with Gasteiger partial charge in [-0.05, 0) is 60.4 Å². The Hall–Kier alpha value is -0.560. The first kappa shape index (κ1) is 15.5. The van der Waals surface area contributed by atoms with E-state index >= 15 is 0 Å². The van der Waals surface area contributed by atoms with Crippen molar-refractivity contribution in [1.29, 1.82) is 0 Å². The monoisotopic (exact) mass is 382 g/mol. The molecule has 0 aromatic carbocycles. The van der Waals surface area contributed by atoms with Gasteiger partial charge in [0.25, 0.3) is 0 Å². The van der Waals surface area contributed by atoms with Crippen molar-refractivity contribution in [2.45, 2.75) is 38.7 Å². The Labute approximate surface area is 125 Å². The zero-order valence-electron chi connectivity index (χ0n) is 10.5. The van der Waals surface area contributed by atoms with Gasteiger partial charge in [-0.3, -0.25) is 0 Å². The number of ether oxygens (including phenoxy) is 1. The van der Waals surface area contributed by atoms with Crippen LogP contribution in [0, 0.1) is 3.57 Å². The van der Waals surface area contributed by atoms with Crippen LogP contribution in [0.2, 0.25) is 5.15 Å². The average molecular weight is 383 g/mol. The van der Waals surface area contributed by atoms with Crippen LogP contribution in [0.15, 0.2) is 12.3 Å². The summed E-state index contributed by atoms with van der Waals surface area (Å²) in [6.45, 7) is 5.73. The number of nitrogens with two attached hydrogens (primary N) is 1. The van der Waals surface area contributed by atoms with Gasteiger partial charge in [-0.15, -0.1) is 0 Å². The van der Waals surface area contributed by atoms with Gasteiger partial charge in [-0.2, -0.15) is 0 Å². The lowest BCUT2D eigenvalue weighted by molar-refractivity contribution is 0.0348. The molecule has 18 heavy (non-hydrogen) atoms. The van der Waals surface area contributed by atoms with E-state index in [-0.39, 0.29) is 5.92 Å². The summed E-state index contributed by atoms with van der Waals surface area (Å²) in [6.07, 6.45) is 1.67. The van der Waals surface area contributed by atoms with Crippen molar-refractivity contribution in [1.82, 2.24) is 4.98 Å². The number of nitrogens with zero attached hydrogens (tertiary/aromatic N) is 1. The fourth-order valence-corrected chi connectivity index (χ4v) is 3.25. The molecule has 1 aromatic rings. The average Bonchev–Trinajstić information content (AvgIpc) is 2.13. The third-order valence-electron chi connectivity index (χ3n) is 2.55. The normalized spacial score (nSPS) is 13.2. The van der Waals surface area contributed by atoms with Gasteiger partial charge in [0.05, 0.1) is 0 Å². The van der Waals surface area contributed by atoms with Crippen LogP contribution in [-0.4, -0.2) is 16.7 Å². The number of pyridine rings is 1. The molecular formula is C12H16ClIN2O2. The number of halogens is 2. The lowest BCUT2D eigenvalue weighted by Gasteiger charge is -2.27. The van der Waals surface area contributed by atoms with Gasteiger partial charge >= 0.3 is 6.09 Å². The number of hydrogen-bond donors (Lipinski definition) is 1. The molecule has 0 spiro atoms. The molecule has 0 saturated carbocycles. The fraction of sp³-hybridized carbons (Fsp3) is 0.500. The lowest BCUT2D eigenvalue weighted by atomic mass is 9.90. The molecule has 6 heteroatoms. The highest BCUT2D eigenvalue weighted by Crippen LogP contribution is 2.31. The van der Waals surface area contributed by atoms with Crippen LogP contribution in [0.3, 0.4) is 0 Å². The van der Waals surface area contributed by atoms with E-state index in [1.165, 1.54) is 0 Å². The Morgan fingerprint density at radius 3 is 2.78 bits per heavy atom. The van der Waals surface area contributed by atoms with E-state index in [0.717, 1.165) is 9.13 Å². The fourth-order valence-electron chi connectivity index (χ4n) is 1.94. The van der Waals surface area contributed by atoms with Gasteiger partial charge in [0.2, 0.25) is 0 Å². The van der Waals surface area contributed by atoms with Crippen LogP contribution >= 0.6 is 34.2 Å². The van der Waals surface area contributed by atoms with Gasteiger partial charge in [0.1, 0.15) is 10.8 Å². The third kappa shape index (κ3) is 4.61. The molecule has 0 aliphatic heterocycles. The van der Waals surface area contributed by atoms with Crippen LogP contribution in [0.4, 0.5) is 4.79 Å². The molecule has 1 aromatic heterocycles. The molecule has 2 N–H and O–H groups in total. The maximum atomic E-state index is 10.8. The second kappa shape index (κ2) is 6.06. The minimum absolute atomic E-state index is 0.191. The first-order valence-corrected chi connectivity index (χ1v) is 6.96. The number of rotatable bonds is 4. The highest BCUT2D eigenvalue weighted by molar-refractivity contribution is 14.1. The molecule has 4 nitrogen and oxygen atoms in total.